The van der Waals surface area contributed by atoms with Gasteiger partial charge in [0.2, 0.25) is 0 Å². The lowest BCUT2D eigenvalue weighted by Crippen LogP contribution is -1.93. The minimum Gasteiger partial charge on any atom is -0.443 e. The van der Waals surface area contributed by atoms with Crippen molar-refractivity contribution in [1.29, 1.82) is 0 Å². The van der Waals surface area contributed by atoms with E-state index in [1.165, 1.54) is 24.7 Å². The first-order valence-electron chi connectivity index (χ1n) is 5.86. The van der Waals surface area contributed by atoms with Gasteiger partial charge in [-0.2, -0.15) is 0 Å². The standard InChI is InChI=1S/C15H14FN3O/c1-10(18)8-12(6-7-17)15-14(19-9-20-15)11-2-4-13(16)5-3-11/h2-9H,1,17-18H2/b7-6-,12-8+. The lowest BCUT2D eigenvalue weighted by Gasteiger charge is -2.03. The van der Waals surface area contributed by atoms with Gasteiger partial charge in [0.05, 0.1) is 0 Å². The zero-order valence-electron chi connectivity index (χ0n) is 10.7. The molecule has 0 aliphatic heterocycles. The molecule has 0 atom stereocenters. The summed E-state index contributed by atoms with van der Waals surface area (Å²) in [5.74, 6) is 0.177. The molecule has 1 heterocycles. The number of allylic oxidation sites excluding steroid dienone is 3. The van der Waals surface area contributed by atoms with Crippen molar-refractivity contribution in [3.63, 3.8) is 0 Å². The average molecular weight is 271 g/mol. The van der Waals surface area contributed by atoms with Crippen LogP contribution in [0.5, 0.6) is 0 Å². The quantitative estimate of drug-likeness (QED) is 0.838. The van der Waals surface area contributed by atoms with E-state index >= 15 is 0 Å². The highest BCUT2D eigenvalue weighted by Gasteiger charge is 2.13. The molecule has 0 saturated carbocycles. The first kappa shape index (κ1) is 13.6. The molecule has 2 rings (SSSR count). The van der Waals surface area contributed by atoms with Gasteiger partial charge in [-0.1, -0.05) is 6.58 Å². The molecule has 0 bridgehead atoms. The van der Waals surface area contributed by atoms with Gasteiger partial charge in [0.15, 0.2) is 12.2 Å². The third-order valence-corrected chi connectivity index (χ3v) is 2.56. The lowest BCUT2D eigenvalue weighted by atomic mass is 10.1. The van der Waals surface area contributed by atoms with Crippen LogP contribution in [0, 0.1) is 5.82 Å². The third kappa shape index (κ3) is 2.95. The Morgan fingerprint density at radius 2 is 2.00 bits per heavy atom. The summed E-state index contributed by atoms with van der Waals surface area (Å²) >= 11 is 0. The number of hydrogen-bond donors (Lipinski definition) is 2. The smallest absolute Gasteiger partial charge is 0.182 e. The first-order chi connectivity index (χ1) is 9.61. The highest BCUT2D eigenvalue weighted by atomic mass is 19.1. The normalized spacial score (nSPS) is 11.9. The lowest BCUT2D eigenvalue weighted by molar-refractivity contribution is 0.546. The van der Waals surface area contributed by atoms with Crippen molar-refractivity contribution in [3.05, 3.63) is 72.9 Å². The fourth-order valence-corrected chi connectivity index (χ4v) is 1.76. The van der Waals surface area contributed by atoms with E-state index in [2.05, 4.69) is 11.6 Å². The Hall–Kier alpha value is -2.82. The minimum atomic E-state index is -0.313. The van der Waals surface area contributed by atoms with Crippen LogP contribution in [-0.2, 0) is 0 Å². The molecular weight excluding hydrogens is 257 g/mol. The summed E-state index contributed by atoms with van der Waals surface area (Å²) in [5, 5.41) is 0. The maximum Gasteiger partial charge on any atom is 0.182 e. The number of benzene rings is 1. The number of aromatic nitrogens is 1. The molecule has 102 valence electrons. The second-order valence-corrected chi connectivity index (χ2v) is 4.07. The van der Waals surface area contributed by atoms with Gasteiger partial charge in [-0.3, -0.25) is 0 Å². The predicted molar refractivity (Wildman–Crippen MR) is 76.5 cm³/mol. The highest BCUT2D eigenvalue weighted by molar-refractivity contribution is 5.81. The van der Waals surface area contributed by atoms with Gasteiger partial charge < -0.3 is 15.9 Å². The van der Waals surface area contributed by atoms with E-state index in [-0.39, 0.29) is 5.82 Å². The Balaban J connectivity index is 2.51. The number of rotatable bonds is 4. The molecule has 1 aromatic carbocycles. The van der Waals surface area contributed by atoms with E-state index in [0.717, 1.165) is 5.56 Å². The van der Waals surface area contributed by atoms with Gasteiger partial charge >= 0.3 is 0 Å². The molecule has 0 radical (unpaired) electrons. The van der Waals surface area contributed by atoms with Crippen molar-refractivity contribution in [3.8, 4) is 11.3 Å². The second-order valence-electron chi connectivity index (χ2n) is 4.07. The van der Waals surface area contributed by atoms with Crippen LogP contribution >= 0.6 is 0 Å². The van der Waals surface area contributed by atoms with Crippen molar-refractivity contribution in [1.82, 2.24) is 4.98 Å². The van der Waals surface area contributed by atoms with Crippen LogP contribution in [0.4, 0.5) is 4.39 Å². The molecule has 0 spiro atoms. The molecule has 0 aliphatic carbocycles. The Morgan fingerprint density at radius 3 is 2.60 bits per heavy atom. The molecule has 4 N–H and O–H groups in total. The van der Waals surface area contributed by atoms with Gasteiger partial charge in [-0.25, -0.2) is 9.37 Å². The number of nitrogens with two attached hydrogens (primary N) is 2. The topological polar surface area (TPSA) is 78.1 Å². The van der Waals surface area contributed by atoms with Crippen LogP contribution in [0.25, 0.3) is 16.8 Å². The summed E-state index contributed by atoms with van der Waals surface area (Å²) < 4.78 is 18.4. The molecule has 0 aliphatic rings. The summed E-state index contributed by atoms with van der Waals surface area (Å²) in [6.07, 6.45) is 5.93. The molecule has 0 unspecified atom stereocenters. The number of oxazole rings is 1. The van der Waals surface area contributed by atoms with E-state index in [1.807, 2.05) is 0 Å². The van der Waals surface area contributed by atoms with Crippen LogP contribution in [0.2, 0.25) is 0 Å². The summed E-state index contributed by atoms with van der Waals surface area (Å²) in [7, 11) is 0. The van der Waals surface area contributed by atoms with Gasteiger partial charge in [0, 0.05) is 16.8 Å². The van der Waals surface area contributed by atoms with E-state index in [1.54, 1.807) is 24.3 Å². The number of halogens is 1. The SMILES string of the molecule is C=C(N)/C=C(\C=C/N)c1ocnc1-c1ccc(F)cc1. The molecule has 20 heavy (non-hydrogen) atoms. The van der Waals surface area contributed by atoms with Crippen LogP contribution in [0.1, 0.15) is 5.76 Å². The Bertz CT molecular complexity index is 669. The molecule has 2 aromatic rings. The van der Waals surface area contributed by atoms with Gasteiger partial charge in [0.25, 0.3) is 0 Å². The maximum absolute atomic E-state index is 13.0. The summed E-state index contributed by atoms with van der Waals surface area (Å²) in [6, 6.07) is 5.96. The fourth-order valence-electron chi connectivity index (χ4n) is 1.76. The Morgan fingerprint density at radius 1 is 1.30 bits per heavy atom. The van der Waals surface area contributed by atoms with E-state index in [0.29, 0.717) is 22.7 Å². The number of hydrogen-bond acceptors (Lipinski definition) is 4. The van der Waals surface area contributed by atoms with Gasteiger partial charge in [-0.05, 0) is 42.6 Å². The third-order valence-electron chi connectivity index (χ3n) is 2.56. The average Bonchev–Trinajstić information content (AvgIpc) is 2.88. The minimum absolute atomic E-state index is 0.313. The summed E-state index contributed by atoms with van der Waals surface area (Å²) in [4.78, 5) is 4.15. The number of nitrogens with zero attached hydrogens (tertiary/aromatic N) is 1. The molecule has 1 aromatic heterocycles. The molecule has 5 heteroatoms. The van der Waals surface area contributed by atoms with Gasteiger partial charge in [-0.15, -0.1) is 0 Å². The molecule has 0 amide bonds. The molecule has 0 saturated heterocycles. The highest BCUT2D eigenvalue weighted by Crippen LogP contribution is 2.29. The van der Waals surface area contributed by atoms with Crippen LogP contribution < -0.4 is 11.5 Å². The van der Waals surface area contributed by atoms with Crippen LogP contribution in [0.15, 0.2) is 65.7 Å². The van der Waals surface area contributed by atoms with Crippen molar-refractivity contribution in [2.45, 2.75) is 0 Å². The van der Waals surface area contributed by atoms with Crippen LogP contribution in [0.3, 0.4) is 0 Å². The zero-order chi connectivity index (χ0) is 14.5. The van der Waals surface area contributed by atoms with Crippen molar-refractivity contribution in [2.24, 2.45) is 11.5 Å². The van der Waals surface area contributed by atoms with Crippen molar-refractivity contribution < 1.29 is 8.81 Å². The molecular formula is C15H14FN3O. The predicted octanol–water partition coefficient (Wildman–Crippen LogP) is 2.81. The maximum atomic E-state index is 13.0. The second kappa shape index (κ2) is 5.88. The van der Waals surface area contributed by atoms with E-state index in [4.69, 9.17) is 15.9 Å². The van der Waals surface area contributed by atoms with Gasteiger partial charge in [0.1, 0.15) is 11.5 Å². The van der Waals surface area contributed by atoms with E-state index < -0.39 is 0 Å². The van der Waals surface area contributed by atoms with Crippen molar-refractivity contribution in [2.75, 3.05) is 0 Å². The first-order valence-corrected chi connectivity index (χ1v) is 5.86. The molecule has 4 nitrogen and oxygen atoms in total. The van der Waals surface area contributed by atoms with Crippen LogP contribution in [-0.4, -0.2) is 4.98 Å². The fraction of sp³-hybridized carbons (Fsp3) is 0. The zero-order valence-corrected chi connectivity index (χ0v) is 10.7. The molecule has 0 fully saturated rings. The monoisotopic (exact) mass is 271 g/mol. The summed E-state index contributed by atoms with van der Waals surface area (Å²) in [5.41, 5.74) is 13.3. The Labute approximate surface area is 115 Å². The largest absolute Gasteiger partial charge is 0.443 e. The van der Waals surface area contributed by atoms with Crippen molar-refractivity contribution >= 4 is 5.57 Å². The Kier molecular flexibility index (Phi) is 4.00. The summed E-state index contributed by atoms with van der Waals surface area (Å²) in [6.45, 7) is 3.62. The van der Waals surface area contributed by atoms with E-state index in [9.17, 15) is 4.39 Å².